The molecular weight excluding hydrogens is 412 g/mol. The highest BCUT2D eigenvalue weighted by Crippen LogP contribution is 2.41. The van der Waals surface area contributed by atoms with E-state index in [2.05, 4.69) is 22.2 Å². The van der Waals surface area contributed by atoms with Crippen LogP contribution in [-0.2, 0) is 6.61 Å². The van der Waals surface area contributed by atoms with Crippen molar-refractivity contribution in [2.75, 3.05) is 0 Å². The molecule has 6 nitrogen and oxygen atoms in total. The topological polar surface area (TPSA) is 65.5 Å². The third-order valence-electron chi connectivity index (χ3n) is 5.56. The minimum Gasteiger partial charge on any atom is -0.486 e. The average molecular weight is 432 g/mol. The monoisotopic (exact) mass is 432 g/mol. The van der Waals surface area contributed by atoms with E-state index in [4.69, 9.17) is 14.1 Å². The number of ether oxygens (including phenoxy) is 1. The van der Waals surface area contributed by atoms with Crippen molar-refractivity contribution < 1.29 is 9.15 Å². The van der Waals surface area contributed by atoms with Gasteiger partial charge in [-0.2, -0.15) is 0 Å². The number of aromatic nitrogens is 4. The molecule has 0 unspecified atom stereocenters. The van der Waals surface area contributed by atoms with Crippen molar-refractivity contribution in [2.45, 2.75) is 13.5 Å². The van der Waals surface area contributed by atoms with Crippen LogP contribution in [0.5, 0.6) is 5.75 Å². The van der Waals surface area contributed by atoms with Crippen LogP contribution < -0.4 is 4.74 Å². The molecule has 3 aromatic carbocycles. The van der Waals surface area contributed by atoms with Gasteiger partial charge >= 0.3 is 0 Å². The summed E-state index contributed by atoms with van der Waals surface area (Å²) in [6.07, 6.45) is 1.63. The summed E-state index contributed by atoms with van der Waals surface area (Å²) in [6, 6.07) is 28.1. The van der Waals surface area contributed by atoms with Crippen LogP contribution in [-0.4, -0.2) is 19.6 Å². The molecule has 0 spiro atoms. The molecule has 3 heterocycles. The van der Waals surface area contributed by atoms with Crippen LogP contribution in [0, 0.1) is 6.92 Å². The van der Waals surface area contributed by atoms with E-state index >= 15 is 0 Å². The Morgan fingerprint density at radius 3 is 2.27 bits per heavy atom. The molecule has 0 amide bonds. The van der Waals surface area contributed by atoms with Gasteiger partial charge in [0.25, 0.3) is 0 Å². The Hall–Kier alpha value is -4.45. The van der Waals surface area contributed by atoms with Crippen molar-refractivity contribution >= 4 is 16.7 Å². The summed E-state index contributed by atoms with van der Waals surface area (Å²) in [5.74, 6) is 2.12. The van der Waals surface area contributed by atoms with E-state index in [1.807, 2.05) is 79.7 Å². The van der Waals surface area contributed by atoms with Gasteiger partial charge in [0, 0.05) is 11.1 Å². The Morgan fingerprint density at radius 1 is 0.848 bits per heavy atom. The number of hydrogen-bond donors (Lipinski definition) is 0. The zero-order valence-corrected chi connectivity index (χ0v) is 18.0. The normalized spacial score (nSPS) is 11.3. The Kier molecular flexibility index (Phi) is 4.61. The summed E-state index contributed by atoms with van der Waals surface area (Å²) >= 11 is 0. The number of aryl methyl sites for hydroxylation is 1. The molecule has 0 saturated heterocycles. The van der Waals surface area contributed by atoms with Crippen LogP contribution in [0.3, 0.4) is 0 Å². The lowest BCUT2D eigenvalue weighted by Gasteiger charge is -2.04. The maximum atomic E-state index is 6.27. The third-order valence-corrected chi connectivity index (χ3v) is 5.56. The maximum Gasteiger partial charge on any atom is 0.232 e. The molecule has 3 aromatic heterocycles. The average Bonchev–Trinajstić information content (AvgIpc) is 3.46. The molecule has 6 heteroatoms. The van der Waals surface area contributed by atoms with E-state index < -0.39 is 0 Å². The molecule has 0 fully saturated rings. The fraction of sp³-hybridized carbons (Fsp3) is 0.0741. The van der Waals surface area contributed by atoms with Crippen LogP contribution in [0.1, 0.15) is 11.4 Å². The van der Waals surface area contributed by atoms with Crippen LogP contribution >= 0.6 is 0 Å². The molecule has 0 bridgehead atoms. The van der Waals surface area contributed by atoms with Crippen molar-refractivity contribution in [3.8, 4) is 28.2 Å². The number of rotatable bonds is 5. The molecule has 0 N–H and O–H groups in total. The lowest BCUT2D eigenvalue weighted by molar-refractivity contribution is 0.296. The fourth-order valence-electron chi connectivity index (χ4n) is 3.96. The van der Waals surface area contributed by atoms with Crippen LogP contribution in [0.25, 0.3) is 39.2 Å². The predicted molar refractivity (Wildman–Crippen MR) is 127 cm³/mol. The number of benzene rings is 3. The van der Waals surface area contributed by atoms with Gasteiger partial charge < -0.3 is 9.15 Å². The molecular formula is C27H20N4O2. The first kappa shape index (κ1) is 19.3. The molecule has 0 aliphatic rings. The summed E-state index contributed by atoms with van der Waals surface area (Å²) in [6.45, 7) is 2.31. The fourth-order valence-corrected chi connectivity index (χ4v) is 3.96. The second-order valence-corrected chi connectivity index (χ2v) is 7.86. The minimum absolute atomic E-state index is 0.260. The van der Waals surface area contributed by atoms with Gasteiger partial charge in [-0.05, 0) is 24.6 Å². The molecule has 0 radical (unpaired) electrons. The summed E-state index contributed by atoms with van der Waals surface area (Å²) in [5, 5.41) is 5.42. The lowest BCUT2D eigenvalue weighted by atomic mass is 9.99. The molecule has 0 aliphatic heterocycles. The van der Waals surface area contributed by atoms with Gasteiger partial charge in [0.1, 0.15) is 24.4 Å². The molecule has 0 aliphatic carbocycles. The van der Waals surface area contributed by atoms with E-state index in [0.29, 0.717) is 17.2 Å². The van der Waals surface area contributed by atoms with E-state index in [0.717, 1.165) is 33.6 Å². The van der Waals surface area contributed by atoms with Crippen molar-refractivity contribution in [3.05, 3.63) is 103 Å². The van der Waals surface area contributed by atoms with E-state index in [9.17, 15) is 0 Å². The summed E-state index contributed by atoms with van der Waals surface area (Å²) in [4.78, 5) is 9.33. The predicted octanol–water partition coefficient (Wildman–Crippen LogP) is 6.09. The first-order valence-corrected chi connectivity index (χ1v) is 10.7. The molecule has 6 aromatic rings. The van der Waals surface area contributed by atoms with Gasteiger partial charge in [0.15, 0.2) is 11.5 Å². The van der Waals surface area contributed by atoms with Gasteiger partial charge in [-0.3, -0.25) is 0 Å². The van der Waals surface area contributed by atoms with Gasteiger partial charge in [-0.15, -0.1) is 5.10 Å². The summed E-state index contributed by atoms with van der Waals surface area (Å²) < 4.78 is 13.9. The van der Waals surface area contributed by atoms with Gasteiger partial charge in [-0.1, -0.05) is 78.4 Å². The van der Waals surface area contributed by atoms with E-state index in [1.165, 1.54) is 5.56 Å². The largest absolute Gasteiger partial charge is 0.486 e. The third kappa shape index (κ3) is 3.51. The van der Waals surface area contributed by atoms with E-state index in [1.54, 1.807) is 10.8 Å². The number of fused-ring (bicyclic) bond motifs is 3. The SMILES string of the molecule is Cc1ccc(OCc2nc3c4c(-c5ccccc5)c(-c5ccccc5)oc4ncn3n2)cc1. The highest BCUT2D eigenvalue weighted by atomic mass is 16.5. The van der Waals surface area contributed by atoms with E-state index in [-0.39, 0.29) is 6.61 Å². The Morgan fingerprint density at radius 2 is 1.55 bits per heavy atom. The number of nitrogens with zero attached hydrogens (tertiary/aromatic N) is 4. The first-order valence-electron chi connectivity index (χ1n) is 10.7. The second-order valence-electron chi connectivity index (χ2n) is 7.86. The Balaban J connectivity index is 1.50. The number of furan rings is 1. The quantitative estimate of drug-likeness (QED) is 0.330. The zero-order chi connectivity index (χ0) is 22.2. The molecule has 33 heavy (non-hydrogen) atoms. The zero-order valence-electron chi connectivity index (χ0n) is 18.0. The van der Waals surface area contributed by atoms with Crippen LogP contribution in [0.15, 0.2) is 95.7 Å². The van der Waals surface area contributed by atoms with Crippen molar-refractivity contribution in [1.82, 2.24) is 19.6 Å². The van der Waals surface area contributed by atoms with Crippen LogP contribution in [0.2, 0.25) is 0 Å². The van der Waals surface area contributed by atoms with Crippen molar-refractivity contribution in [2.24, 2.45) is 0 Å². The summed E-state index contributed by atoms with van der Waals surface area (Å²) in [5.41, 5.74) is 5.36. The highest BCUT2D eigenvalue weighted by Gasteiger charge is 2.22. The molecule has 0 atom stereocenters. The van der Waals surface area contributed by atoms with Crippen molar-refractivity contribution in [3.63, 3.8) is 0 Å². The van der Waals surface area contributed by atoms with Gasteiger partial charge in [0.05, 0.1) is 5.39 Å². The Bertz CT molecular complexity index is 1550. The standard InChI is InChI=1S/C27H20N4O2/c1-18-12-14-21(15-13-18)32-16-22-29-26-24-23(19-8-4-2-5-9-19)25(20-10-6-3-7-11-20)33-27(24)28-17-31(26)30-22/h2-15,17H,16H2,1H3. The first-order chi connectivity index (χ1) is 16.3. The second kappa shape index (κ2) is 7.91. The Labute approximate surface area is 190 Å². The maximum absolute atomic E-state index is 6.27. The smallest absolute Gasteiger partial charge is 0.232 e. The highest BCUT2D eigenvalue weighted by molar-refractivity contribution is 6.07. The lowest BCUT2D eigenvalue weighted by Crippen LogP contribution is -1.98. The molecule has 6 rings (SSSR count). The summed E-state index contributed by atoms with van der Waals surface area (Å²) in [7, 11) is 0. The molecule has 0 saturated carbocycles. The molecule has 160 valence electrons. The number of hydrogen-bond acceptors (Lipinski definition) is 5. The van der Waals surface area contributed by atoms with Crippen molar-refractivity contribution in [1.29, 1.82) is 0 Å². The van der Waals surface area contributed by atoms with Crippen LogP contribution in [0.4, 0.5) is 0 Å². The minimum atomic E-state index is 0.260. The van der Waals surface area contributed by atoms with Gasteiger partial charge in [-0.25, -0.2) is 14.5 Å². The van der Waals surface area contributed by atoms with Gasteiger partial charge in [0.2, 0.25) is 5.71 Å².